The van der Waals surface area contributed by atoms with Crippen molar-refractivity contribution in [2.45, 2.75) is 19.8 Å². The molecule has 0 spiro atoms. The monoisotopic (exact) mass is 439 g/mol. The van der Waals surface area contributed by atoms with Crippen molar-refractivity contribution in [2.24, 2.45) is 5.16 Å². The molecule has 0 aliphatic carbocycles. The van der Waals surface area contributed by atoms with E-state index in [1.807, 2.05) is 19.1 Å². The van der Waals surface area contributed by atoms with Crippen LogP contribution in [0.4, 0.5) is 5.95 Å². The lowest BCUT2D eigenvalue weighted by Gasteiger charge is -2.13. The largest absolute Gasteiger partial charge is 0.394 e. The molecule has 9 nitrogen and oxygen atoms in total. The van der Waals surface area contributed by atoms with Crippen LogP contribution < -0.4 is 11.1 Å². The highest BCUT2D eigenvalue weighted by molar-refractivity contribution is 7.20. The molecule has 3 aromatic rings. The minimum Gasteiger partial charge on any atom is -0.394 e. The van der Waals surface area contributed by atoms with Crippen LogP contribution in [0.15, 0.2) is 35.7 Å². The molecule has 0 atom stereocenters. The Balaban J connectivity index is 1.69. The van der Waals surface area contributed by atoms with E-state index in [2.05, 4.69) is 30.3 Å². The topological polar surface area (TPSA) is 119 Å². The molecule has 1 saturated heterocycles. The maximum atomic E-state index is 12.3. The summed E-state index contributed by atoms with van der Waals surface area (Å²) in [7, 11) is 0. The molecule has 0 unspecified atom stereocenters. The maximum Gasteiger partial charge on any atom is 0.261 e. The summed E-state index contributed by atoms with van der Waals surface area (Å²) in [6, 6.07) is 5.45. The van der Waals surface area contributed by atoms with Crippen LogP contribution in [-0.4, -0.2) is 64.3 Å². The van der Waals surface area contributed by atoms with Gasteiger partial charge in [-0.25, -0.2) is 9.97 Å². The number of nitrogens with one attached hydrogen (secondary N) is 1. The molecule has 31 heavy (non-hydrogen) atoms. The first kappa shape index (κ1) is 21.1. The molecule has 1 aliphatic heterocycles. The van der Waals surface area contributed by atoms with Gasteiger partial charge in [-0.15, -0.1) is 11.3 Å². The van der Waals surface area contributed by atoms with E-state index in [-0.39, 0.29) is 11.9 Å². The molecule has 1 amide bonds. The van der Waals surface area contributed by atoms with E-state index in [0.29, 0.717) is 39.7 Å². The second-order valence-corrected chi connectivity index (χ2v) is 8.21. The Hall–Kier alpha value is -3.11. The van der Waals surface area contributed by atoms with Crippen molar-refractivity contribution >= 4 is 39.1 Å². The van der Waals surface area contributed by atoms with Crippen molar-refractivity contribution in [3.05, 3.63) is 46.7 Å². The number of likely N-dealkylation sites (tertiary alicyclic amines) is 1. The minimum absolute atomic E-state index is 0.116. The SMILES string of the molecule is CCNC(=O)c1cc2c(C(=NOCCN3CCCC3)c3ccncc3)nc(N)nc2s1. The normalized spacial score (nSPS) is 14.8. The molecule has 4 rings (SSSR count). The molecular formula is C21H25N7O2S. The third-order valence-corrected chi connectivity index (χ3v) is 6.03. The van der Waals surface area contributed by atoms with Gasteiger partial charge >= 0.3 is 0 Å². The summed E-state index contributed by atoms with van der Waals surface area (Å²) in [5.74, 6) is -0.0371. The average Bonchev–Trinajstić information content (AvgIpc) is 3.44. The molecular weight excluding hydrogens is 414 g/mol. The Morgan fingerprint density at radius 3 is 2.81 bits per heavy atom. The van der Waals surface area contributed by atoms with Crippen molar-refractivity contribution in [1.82, 2.24) is 25.2 Å². The number of aromatic nitrogens is 3. The Morgan fingerprint density at radius 1 is 1.29 bits per heavy atom. The molecule has 0 radical (unpaired) electrons. The Morgan fingerprint density at radius 2 is 2.06 bits per heavy atom. The van der Waals surface area contributed by atoms with E-state index >= 15 is 0 Å². The summed E-state index contributed by atoms with van der Waals surface area (Å²) in [6.45, 7) is 5.93. The number of nitrogen functional groups attached to an aromatic ring is 1. The predicted octanol–water partition coefficient (Wildman–Crippen LogP) is 2.28. The van der Waals surface area contributed by atoms with E-state index in [1.54, 1.807) is 18.5 Å². The number of rotatable bonds is 8. The highest BCUT2D eigenvalue weighted by Crippen LogP contribution is 2.28. The van der Waals surface area contributed by atoms with Crippen LogP contribution >= 0.6 is 11.3 Å². The summed E-state index contributed by atoms with van der Waals surface area (Å²) in [4.78, 5) is 34.4. The fourth-order valence-electron chi connectivity index (χ4n) is 3.51. The lowest BCUT2D eigenvalue weighted by Crippen LogP contribution is -2.23. The number of carbonyl (C=O) groups excluding carboxylic acids is 1. The zero-order valence-corrected chi connectivity index (χ0v) is 18.2. The Kier molecular flexibility index (Phi) is 6.68. The number of pyridine rings is 1. The van der Waals surface area contributed by atoms with Crippen molar-refractivity contribution in [2.75, 3.05) is 38.5 Å². The van der Waals surface area contributed by atoms with E-state index in [9.17, 15) is 4.79 Å². The van der Waals surface area contributed by atoms with Crippen LogP contribution in [0.1, 0.15) is 40.7 Å². The van der Waals surface area contributed by atoms with Crippen molar-refractivity contribution in [3.63, 3.8) is 0 Å². The highest BCUT2D eigenvalue weighted by atomic mass is 32.1. The minimum atomic E-state index is -0.153. The van der Waals surface area contributed by atoms with Gasteiger partial charge in [0, 0.05) is 36.4 Å². The number of fused-ring (bicyclic) bond motifs is 1. The van der Waals surface area contributed by atoms with Crippen LogP contribution in [-0.2, 0) is 4.84 Å². The van der Waals surface area contributed by atoms with Gasteiger partial charge in [0.15, 0.2) is 0 Å². The molecule has 10 heteroatoms. The predicted molar refractivity (Wildman–Crippen MR) is 121 cm³/mol. The molecule has 162 valence electrons. The first-order valence-corrected chi connectivity index (χ1v) is 11.2. The molecule has 0 saturated carbocycles. The highest BCUT2D eigenvalue weighted by Gasteiger charge is 2.20. The van der Waals surface area contributed by atoms with E-state index < -0.39 is 0 Å². The number of oxime groups is 1. The molecule has 1 aliphatic rings. The van der Waals surface area contributed by atoms with Gasteiger partial charge in [0.05, 0.1) is 4.88 Å². The number of nitrogens with two attached hydrogens (primary N) is 1. The summed E-state index contributed by atoms with van der Waals surface area (Å²) < 4.78 is 0. The van der Waals surface area contributed by atoms with Crippen LogP contribution in [0.5, 0.6) is 0 Å². The first-order valence-electron chi connectivity index (χ1n) is 10.3. The van der Waals surface area contributed by atoms with Gasteiger partial charge in [-0.3, -0.25) is 14.7 Å². The third kappa shape index (κ3) is 4.97. The molecule has 0 bridgehead atoms. The van der Waals surface area contributed by atoms with Crippen LogP contribution in [0, 0.1) is 0 Å². The van der Waals surface area contributed by atoms with Crippen LogP contribution in [0.2, 0.25) is 0 Å². The van der Waals surface area contributed by atoms with Gasteiger partial charge in [-0.05, 0) is 51.1 Å². The zero-order valence-electron chi connectivity index (χ0n) is 17.4. The number of carbonyl (C=O) groups is 1. The smallest absolute Gasteiger partial charge is 0.261 e. The second kappa shape index (κ2) is 9.80. The lowest BCUT2D eigenvalue weighted by atomic mass is 10.1. The van der Waals surface area contributed by atoms with Gasteiger partial charge < -0.3 is 15.9 Å². The maximum absolute atomic E-state index is 12.3. The lowest BCUT2D eigenvalue weighted by molar-refractivity contribution is 0.0960. The Bertz CT molecular complexity index is 1080. The fraction of sp³-hybridized carbons (Fsp3) is 0.381. The quantitative estimate of drug-likeness (QED) is 0.314. The first-order chi connectivity index (χ1) is 15.2. The van der Waals surface area contributed by atoms with E-state index in [4.69, 9.17) is 10.6 Å². The third-order valence-electron chi connectivity index (χ3n) is 5.00. The van der Waals surface area contributed by atoms with Crippen molar-refractivity contribution in [1.29, 1.82) is 0 Å². The summed E-state index contributed by atoms with van der Waals surface area (Å²) in [6.07, 6.45) is 5.83. The zero-order chi connectivity index (χ0) is 21.6. The molecule has 3 aromatic heterocycles. The molecule has 0 aromatic carbocycles. The van der Waals surface area contributed by atoms with Gasteiger partial charge in [0.2, 0.25) is 5.95 Å². The summed E-state index contributed by atoms with van der Waals surface area (Å²) in [5, 5.41) is 7.95. The summed E-state index contributed by atoms with van der Waals surface area (Å²) >= 11 is 1.27. The number of nitrogens with zero attached hydrogens (tertiary/aromatic N) is 5. The number of amides is 1. The number of hydrogen-bond donors (Lipinski definition) is 2. The molecule has 1 fully saturated rings. The van der Waals surface area contributed by atoms with Gasteiger partial charge in [0.25, 0.3) is 5.91 Å². The van der Waals surface area contributed by atoms with Crippen molar-refractivity contribution < 1.29 is 9.63 Å². The van der Waals surface area contributed by atoms with Crippen LogP contribution in [0.3, 0.4) is 0 Å². The van der Waals surface area contributed by atoms with Gasteiger partial charge in [-0.2, -0.15) is 0 Å². The Labute approximate surface area is 184 Å². The van der Waals surface area contributed by atoms with E-state index in [1.165, 1.54) is 24.2 Å². The van der Waals surface area contributed by atoms with Crippen LogP contribution in [0.25, 0.3) is 10.2 Å². The fourth-order valence-corrected chi connectivity index (χ4v) is 4.46. The average molecular weight is 440 g/mol. The van der Waals surface area contributed by atoms with E-state index in [0.717, 1.165) is 25.2 Å². The van der Waals surface area contributed by atoms with Crippen molar-refractivity contribution in [3.8, 4) is 0 Å². The summed E-state index contributed by atoms with van der Waals surface area (Å²) in [5.41, 5.74) is 7.84. The number of thiophene rings is 1. The second-order valence-electron chi connectivity index (χ2n) is 7.18. The van der Waals surface area contributed by atoms with Gasteiger partial charge in [-0.1, -0.05) is 5.16 Å². The van der Waals surface area contributed by atoms with Gasteiger partial charge in [0.1, 0.15) is 22.8 Å². The number of anilines is 1. The molecule has 4 heterocycles. The standard InChI is InChI=1S/C21H25N7O2S/c1-2-24-19(29)16-13-15-18(25-21(22)26-20(15)31-16)17(14-5-7-23-8-6-14)27-30-12-11-28-9-3-4-10-28/h5-8,13H,2-4,9-12H2,1H3,(H,24,29)(H2,22,25,26). The number of hydrogen-bond acceptors (Lipinski definition) is 9. The molecule has 3 N–H and O–H groups in total.